The van der Waals surface area contributed by atoms with Crippen LogP contribution in [0.25, 0.3) is 0 Å². The standard InChI is InChI=1S/C12H14BrN3OS/c1-3-9-5-11(16(2)15-9)12(17)14-6-10-4-8(13)7-18-10/h4-5,7H,3,6H2,1-2H3,(H,14,17). The van der Waals surface area contributed by atoms with E-state index in [-0.39, 0.29) is 5.91 Å². The highest BCUT2D eigenvalue weighted by Crippen LogP contribution is 2.19. The van der Waals surface area contributed by atoms with Crippen molar-refractivity contribution < 1.29 is 4.79 Å². The number of hydrogen-bond donors (Lipinski definition) is 1. The van der Waals surface area contributed by atoms with E-state index in [0.29, 0.717) is 12.2 Å². The minimum atomic E-state index is -0.0887. The smallest absolute Gasteiger partial charge is 0.269 e. The van der Waals surface area contributed by atoms with Gasteiger partial charge in [-0.1, -0.05) is 6.92 Å². The number of carbonyl (C=O) groups excluding carboxylic acids is 1. The molecule has 0 aliphatic rings. The van der Waals surface area contributed by atoms with Crippen LogP contribution < -0.4 is 5.32 Å². The molecule has 0 unspecified atom stereocenters. The molecule has 0 aromatic carbocycles. The number of nitrogens with zero attached hydrogens (tertiary/aromatic N) is 2. The summed E-state index contributed by atoms with van der Waals surface area (Å²) in [7, 11) is 1.79. The van der Waals surface area contributed by atoms with Crippen molar-refractivity contribution in [3.8, 4) is 0 Å². The Kier molecular flexibility index (Phi) is 4.19. The van der Waals surface area contributed by atoms with Gasteiger partial charge in [0.15, 0.2) is 0 Å². The van der Waals surface area contributed by atoms with Gasteiger partial charge in [-0.05, 0) is 34.5 Å². The van der Waals surface area contributed by atoms with E-state index in [1.165, 1.54) is 0 Å². The van der Waals surface area contributed by atoms with Gasteiger partial charge in [-0.3, -0.25) is 9.48 Å². The molecule has 0 saturated heterocycles. The number of nitrogens with one attached hydrogen (secondary N) is 1. The van der Waals surface area contributed by atoms with Gasteiger partial charge >= 0.3 is 0 Å². The highest BCUT2D eigenvalue weighted by atomic mass is 79.9. The fourth-order valence-electron chi connectivity index (χ4n) is 1.62. The van der Waals surface area contributed by atoms with Crippen molar-refractivity contribution in [3.05, 3.63) is 38.3 Å². The van der Waals surface area contributed by atoms with Gasteiger partial charge in [0.25, 0.3) is 5.91 Å². The first-order chi connectivity index (χ1) is 8.60. The molecule has 1 amide bonds. The molecule has 0 bridgehead atoms. The lowest BCUT2D eigenvalue weighted by atomic mass is 10.3. The average Bonchev–Trinajstić information content (AvgIpc) is 2.92. The molecule has 2 aromatic heterocycles. The molecular formula is C12H14BrN3OS. The fraction of sp³-hybridized carbons (Fsp3) is 0.333. The first-order valence-electron chi connectivity index (χ1n) is 5.64. The Balaban J connectivity index is 2.01. The topological polar surface area (TPSA) is 46.9 Å². The number of carbonyl (C=O) groups is 1. The highest BCUT2D eigenvalue weighted by Gasteiger charge is 2.12. The molecule has 0 atom stereocenters. The van der Waals surface area contributed by atoms with Gasteiger partial charge in [0.1, 0.15) is 5.69 Å². The van der Waals surface area contributed by atoms with Crippen LogP contribution in [0.1, 0.15) is 28.0 Å². The molecule has 0 aliphatic carbocycles. The molecule has 0 radical (unpaired) electrons. The normalized spacial score (nSPS) is 10.6. The molecule has 1 N–H and O–H groups in total. The van der Waals surface area contributed by atoms with E-state index in [9.17, 15) is 4.79 Å². The van der Waals surface area contributed by atoms with Crippen LogP contribution in [0.15, 0.2) is 22.0 Å². The zero-order valence-corrected chi connectivity index (χ0v) is 12.6. The number of thiophene rings is 1. The van der Waals surface area contributed by atoms with Crippen molar-refractivity contribution in [2.75, 3.05) is 0 Å². The molecule has 96 valence electrons. The molecule has 2 rings (SSSR count). The Morgan fingerprint density at radius 1 is 1.56 bits per heavy atom. The second-order valence-electron chi connectivity index (χ2n) is 3.91. The maximum atomic E-state index is 12.0. The second-order valence-corrected chi connectivity index (χ2v) is 5.82. The van der Waals surface area contributed by atoms with E-state index >= 15 is 0 Å². The van der Waals surface area contributed by atoms with Crippen molar-refractivity contribution >= 4 is 33.2 Å². The van der Waals surface area contributed by atoms with E-state index in [2.05, 4.69) is 26.3 Å². The second kappa shape index (κ2) is 5.67. The predicted molar refractivity (Wildman–Crippen MR) is 75.8 cm³/mol. The lowest BCUT2D eigenvalue weighted by Gasteiger charge is -2.03. The third kappa shape index (κ3) is 3.00. The van der Waals surface area contributed by atoms with Crippen LogP contribution in [-0.2, 0) is 20.0 Å². The summed E-state index contributed by atoms with van der Waals surface area (Å²) in [5.74, 6) is -0.0887. The Bertz CT molecular complexity index is 561. The van der Waals surface area contributed by atoms with E-state index in [0.717, 1.165) is 21.5 Å². The molecule has 18 heavy (non-hydrogen) atoms. The number of halogens is 1. The Labute approximate surface area is 118 Å². The van der Waals surface area contributed by atoms with Crippen molar-refractivity contribution in [2.24, 2.45) is 7.05 Å². The van der Waals surface area contributed by atoms with Gasteiger partial charge in [0.05, 0.1) is 12.2 Å². The Morgan fingerprint density at radius 2 is 2.33 bits per heavy atom. The summed E-state index contributed by atoms with van der Waals surface area (Å²) in [6.45, 7) is 2.56. The van der Waals surface area contributed by atoms with Gasteiger partial charge in [-0.25, -0.2) is 0 Å². The SMILES string of the molecule is CCc1cc(C(=O)NCc2cc(Br)cs2)n(C)n1. The van der Waals surface area contributed by atoms with Crippen molar-refractivity contribution in [1.82, 2.24) is 15.1 Å². The third-order valence-electron chi connectivity index (χ3n) is 2.57. The summed E-state index contributed by atoms with van der Waals surface area (Å²) >= 11 is 5.01. The zero-order valence-electron chi connectivity index (χ0n) is 10.2. The summed E-state index contributed by atoms with van der Waals surface area (Å²) in [6.07, 6.45) is 0.832. The predicted octanol–water partition coefficient (Wildman–Crippen LogP) is 2.74. The van der Waals surface area contributed by atoms with Gasteiger partial charge in [0.2, 0.25) is 0 Å². The first kappa shape index (κ1) is 13.3. The lowest BCUT2D eigenvalue weighted by molar-refractivity contribution is 0.0942. The molecule has 0 saturated carbocycles. The molecule has 6 heteroatoms. The number of aryl methyl sites for hydroxylation is 2. The summed E-state index contributed by atoms with van der Waals surface area (Å²) in [6, 6.07) is 3.84. The fourth-order valence-corrected chi connectivity index (χ4v) is 3.01. The lowest BCUT2D eigenvalue weighted by Crippen LogP contribution is -2.24. The first-order valence-corrected chi connectivity index (χ1v) is 7.31. The van der Waals surface area contributed by atoms with Crippen LogP contribution in [0.2, 0.25) is 0 Å². The van der Waals surface area contributed by atoms with E-state index < -0.39 is 0 Å². The monoisotopic (exact) mass is 327 g/mol. The summed E-state index contributed by atoms with van der Waals surface area (Å²) in [5.41, 5.74) is 1.53. The maximum absolute atomic E-state index is 12.0. The van der Waals surface area contributed by atoms with Gasteiger partial charge in [0, 0.05) is 21.8 Å². The van der Waals surface area contributed by atoms with Crippen molar-refractivity contribution in [2.45, 2.75) is 19.9 Å². The maximum Gasteiger partial charge on any atom is 0.269 e. The van der Waals surface area contributed by atoms with Crippen LogP contribution in [0.3, 0.4) is 0 Å². The van der Waals surface area contributed by atoms with E-state index in [1.54, 1.807) is 23.1 Å². The summed E-state index contributed by atoms with van der Waals surface area (Å²) in [5, 5.41) is 9.16. The van der Waals surface area contributed by atoms with E-state index in [4.69, 9.17) is 0 Å². The summed E-state index contributed by atoms with van der Waals surface area (Å²) in [4.78, 5) is 13.1. The molecular weight excluding hydrogens is 314 g/mol. The van der Waals surface area contributed by atoms with Crippen LogP contribution in [0.4, 0.5) is 0 Å². The average molecular weight is 328 g/mol. The zero-order chi connectivity index (χ0) is 13.1. The van der Waals surface area contributed by atoms with Gasteiger partial charge in [-0.2, -0.15) is 5.10 Å². The van der Waals surface area contributed by atoms with Crippen LogP contribution in [0.5, 0.6) is 0 Å². The molecule has 4 nitrogen and oxygen atoms in total. The van der Waals surface area contributed by atoms with Gasteiger partial charge < -0.3 is 5.32 Å². The quantitative estimate of drug-likeness (QED) is 0.938. The minimum Gasteiger partial charge on any atom is -0.346 e. The highest BCUT2D eigenvalue weighted by molar-refractivity contribution is 9.10. The van der Waals surface area contributed by atoms with E-state index in [1.807, 2.05) is 24.4 Å². The number of rotatable bonds is 4. The van der Waals surface area contributed by atoms with Crippen LogP contribution in [0, 0.1) is 0 Å². The Hall–Kier alpha value is -1.14. The molecule has 0 spiro atoms. The number of hydrogen-bond acceptors (Lipinski definition) is 3. The molecule has 0 fully saturated rings. The largest absolute Gasteiger partial charge is 0.346 e. The van der Waals surface area contributed by atoms with Crippen LogP contribution in [-0.4, -0.2) is 15.7 Å². The molecule has 0 aliphatic heterocycles. The molecule has 2 aromatic rings. The van der Waals surface area contributed by atoms with Crippen molar-refractivity contribution in [1.29, 1.82) is 0 Å². The van der Waals surface area contributed by atoms with Crippen molar-refractivity contribution in [3.63, 3.8) is 0 Å². The number of amides is 1. The third-order valence-corrected chi connectivity index (χ3v) is 4.27. The number of aromatic nitrogens is 2. The van der Waals surface area contributed by atoms with Crippen LogP contribution >= 0.6 is 27.3 Å². The minimum absolute atomic E-state index is 0.0887. The Morgan fingerprint density at radius 3 is 2.89 bits per heavy atom. The molecule has 2 heterocycles. The summed E-state index contributed by atoms with van der Waals surface area (Å²) < 4.78 is 2.67. The van der Waals surface area contributed by atoms with Gasteiger partial charge in [-0.15, -0.1) is 11.3 Å².